The lowest BCUT2D eigenvalue weighted by Gasteiger charge is -2.37. The maximum absolute atomic E-state index is 13.8. The summed E-state index contributed by atoms with van der Waals surface area (Å²) >= 11 is 8.15. The van der Waals surface area contributed by atoms with Crippen LogP contribution in [-0.2, 0) is 21.1 Å². The first-order valence-electron chi connectivity index (χ1n) is 27.2. The second-order valence-corrected chi connectivity index (χ2v) is 22.3. The highest BCUT2D eigenvalue weighted by atomic mass is 35.5. The molecule has 0 bridgehead atoms. The maximum atomic E-state index is 13.8. The average molecular weight is 1170 g/mol. The van der Waals surface area contributed by atoms with Crippen molar-refractivity contribution in [3.05, 3.63) is 155 Å². The fraction of sp³-hybridized carbons (Fsp3) is 0.417. The van der Waals surface area contributed by atoms with E-state index in [0.717, 1.165) is 123 Å². The molecule has 3 aliphatic rings. The van der Waals surface area contributed by atoms with Gasteiger partial charge in [-0.1, -0.05) is 109 Å². The van der Waals surface area contributed by atoms with E-state index in [-0.39, 0.29) is 28.6 Å². The number of hydrogen-bond acceptors (Lipinski definition) is 13. The van der Waals surface area contributed by atoms with Crippen molar-refractivity contribution < 1.29 is 36.6 Å². The van der Waals surface area contributed by atoms with Crippen LogP contribution in [0.3, 0.4) is 0 Å². The number of amides is 1. The Morgan fingerprint density at radius 1 is 0.734 bits per heavy atom. The van der Waals surface area contributed by atoms with Gasteiger partial charge in [-0.15, -0.1) is 0 Å². The molecule has 8 rings (SSSR count). The number of anilines is 4. The van der Waals surface area contributed by atoms with Crippen LogP contribution in [0.25, 0.3) is 5.70 Å². The van der Waals surface area contributed by atoms with Crippen molar-refractivity contribution in [3.63, 3.8) is 0 Å². The van der Waals surface area contributed by atoms with Gasteiger partial charge in [0.1, 0.15) is 4.90 Å². The number of nitrogens with zero attached hydrogens (tertiary/aromatic N) is 4. The number of piperazine rings is 1. The van der Waals surface area contributed by atoms with Crippen molar-refractivity contribution in [1.82, 2.24) is 15.1 Å². The molecule has 1 saturated carbocycles. The van der Waals surface area contributed by atoms with E-state index in [1.54, 1.807) is 36.4 Å². The Labute approximate surface area is 482 Å². The number of aliphatic hydroxyl groups excluding tert-OH is 2. The minimum atomic E-state index is -5.65. The third-order valence-electron chi connectivity index (χ3n) is 13.3. The Balaban J connectivity index is 0.000000793. The molecule has 2 aliphatic heterocycles. The summed E-state index contributed by atoms with van der Waals surface area (Å²) in [6.07, 6.45) is 2.97. The van der Waals surface area contributed by atoms with Gasteiger partial charge >= 0.3 is 5.51 Å². The Bertz CT molecular complexity index is 2790. The molecule has 19 heteroatoms. The molecule has 5 N–H and O–H groups in total. The van der Waals surface area contributed by atoms with E-state index in [9.17, 15) is 31.5 Å². The number of nitrogens with one attached hydrogen (secondary N) is 3. The van der Waals surface area contributed by atoms with Gasteiger partial charge in [-0.3, -0.25) is 4.79 Å². The number of allylic oxidation sites excluding steroid dienone is 1. The zero-order valence-corrected chi connectivity index (χ0v) is 50.3. The standard InChI is InChI=1S/C47H48ClF3N6O4S3.C7H15NO.3C2H6/c1-31(34-12-14-35(48)15-13-34)55(3)32(2)43(46(59)52-37-28-40(58)29-37)27-33-8-7-9-39(26-33)57-24-22-56(23-25-57)38-18-16-36(17-19-38)53-63-42-20-21-44(54-62-41-10-5-4-6-11-41)45(30-42)64(60,61)47(49,50)51;1-2-8-5-3-7(9)4-6-8;3*1-2/h4-21,26,30,37,40,53-54,58H,1,22-25,27-29H2,2-3H3,(H,52,59);7,9H,2-6H2,1H3;3*1-2H3/b43-32+;;;;. The van der Waals surface area contributed by atoms with E-state index in [1.807, 2.05) is 121 Å². The topological polar surface area (TPSA) is 141 Å². The monoisotopic (exact) mass is 1170 g/mol. The van der Waals surface area contributed by atoms with Crippen LogP contribution in [-0.4, -0.2) is 111 Å². The molecule has 432 valence electrons. The summed E-state index contributed by atoms with van der Waals surface area (Å²) in [5.74, 6) is -0.171. The van der Waals surface area contributed by atoms with Gasteiger partial charge in [0.2, 0.25) is 5.91 Å². The van der Waals surface area contributed by atoms with Crippen LogP contribution in [0.4, 0.5) is 35.9 Å². The van der Waals surface area contributed by atoms with Crippen LogP contribution in [0.15, 0.2) is 154 Å². The van der Waals surface area contributed by atoms with E-state index < -0.39 is 26.3 Å². The number of piperidine rings is 1. The zero-order chi connectivity index (χ0) is 58.3. The van der Waals surface area contributed by atoms with Gasteiger partial charge in [0.05, 0.1) is 17.9 Å². The minimum absolute atomic E-state index is 0.0206. The molecule has 12 nitrogen and oxygen atoms in total. The van der Waals surface area contributed by atoms with Crippen molar-refractivity contribution in [2.24, 2.45) is 0 Å². The Morgan fingerprint density at radius 3 is 1.89 bits per heavy atom. The molecular formula is C60H81ClF3N7O5S3. The quantitative estimate of drug-likeness (QED) is 0.0446. The molecule has 0 atom stereocenters. The van der Waals surface area contributed by atoms with E-state index in [0.29, 0.717) is 40.4 Å². The summed E-state index contributed by atoms with van der Waals surface area (Å²) < 4.78 is 72.2. The molecule has 5 aromatic rings. The first-order chi connectivity index (χ1) is 37.9. The number of aliphatic hydroxyl groups is 2. The van der Waals surface area contributed by atoms with Crippen LogP contribution < -0.4 is 24.6 Å². The molecular weight excluding hydrogens is 1090 g/mol. The molecule has 0 unspecified atom stereocenters. The number of likely N-dealkylation sites (tertiary alicyclic amines) is 1. The SMILES string of the molecule is C=C(c1ccc(Cl)cc1)N(C)/C(C)=C(\Cc1cccc(N2CCN(c3ccc(NSc4ccc(NSc5ccccc5)c(S(=O)(=O)C(F)(F)F)c4)cc3)CC2)c1)C(=O)NC1CC(O)C1.CC.CC.CC.CCN1CCC(O)CC1. The largest absolute Gasteiger partial charge is 0.501 e. The minimum Gasteiger partial charge on any atom is -0.393 e. The second kappa shape index (κ2) is 32.8. The van der Waals surface area contributed by atoms with Gasteiger partial charge in [0.15, 0.2) is 0 Å². The molecule has 3 fully saturated rings. The number of rotatable bonds is 17. The number of alkyl halides is 3. The van der Waals surface area contributed by atoms with Gasteiger partial charge in [-0.2, -0.15) is 13.2 Å². The van der Waals surface area contributed by atoms with Crippen LogP contribution in [0.2, 0.25) is 5.02 Å². The van der Waals surface area contributed by atoms with Gasteiger partial charge in [0, 0.05) is 108 Å². The van der Waals surface area contributed by atoms with Gasteiger partial charge in [-0.25, -0.2) is 8.42 Å². The molecule has 2 saturated heterocycles. The summed E-state index contributed by atoms with van der Waals surface area (Å²) in [4.78, 5) is 22.9. The summed E-state index contributed by atoms with van der Waals surface area (Å²) in [6.45, 7) is 26.7. The van der Waals surface area contributed by atoms with Crippen molar-refractivity contribution in [2.45, 2.75) is 126 Å². The average Bonchev–Trinajstić information content (AvgIpc) is 3.47. The predicted molar refractivity (Wildman–Crippen MR) is 326 cm³/mol. The summed E-state index contributed by atoms with van der Waals surface area (Å²) in [5.41, 5.74) is 1.08. The lowest BCUT2D eigenvalue weighted by molar-refractivity contribution is -0.119. The second-order valence-electron chi connectivity index (χ2n) is 18.2. The van der Waals surface area contributed by atoms with Crippen molar-refractivity contribution >= 4 is 79.7 Å². The van der Waals surface area contributed by atoms with E-state index in [2.05, 4.69) is 55.1 Å². The number of halogens is 4. The Hall–Kier alpha value is -5.34. The third kappa shape index (κ3) is 19.4. The molecule has 79 heavy (non-hydrogen) atoms. The highest BCUT2D eigenvalue weighted by Gasteiger charge is 2.48. The molecule has 5 aromatic carbocycles. The van der Waals surface area contributed by atoms with E-state index in [4.69, 9.17) is 16.7 Å². The van der Waals surface area contributed by atoms with Gasteiger partial charge in [0.25, 0.3) is 9.84 Å². The molecule has 0 spiro atoms. The van der Waals surface area contributed by atoms with Gasteiger partial charge < -0.3 is 44.6 Å². The fourth-order valence-corrected chi connectivity index (χ4v) is 11.2. The zero-order valence-electron chi connectivity index (χ0n) is 47.1. The molecule has 0 radical (unpaired) electrons. The van der Waals surface area contributed by atoms with Crippen molar-refractivity contribution in [1.29, 1.82) is 0 Å². The molecule has 2 heterocycles. The first kappa shape index (κ1) is 66.2. The van der Waals surface area contributed by atoms with Crippen molar-refractivity contribution in [2.75, 3.05) is 72.1 Å². The fourth-order valence-electron chi connectivity index (χ4n) is 8.58. The van der Waals surface area contributed by atoms with E-state index in [1.165, 1.54) is 6.07 Å². The van der Waals surface area contributed by atoms with Gasteiger partial charge in [-0.05, 0) is 153 Å². The maximum Gasteiger partial charge on any atom is 0.501 e. The highest BCUT2D eigenvalue weighted by molar-refractivity contribution is 8.01. The van der Waals surface area contributed by atoms with E-state index >= 15 is 0 Å². The molecule has 0 aromatic heterocycles. The smallest absolute Gasteiger partial charge is 0.393 e. The number of carbonyl (C=O) groups excluding carboxylic acids is 1. The Kier molecular flexibility index (Phi) is 27.5. The van der Waals surface area contributed by atoms with Crippen LogP contribution in [0.5, 0.6) is 0 Å². The van der Waals surface area contributed by atoms with Crippen LogP contribution in [0.1, 0.15) is 92.2 Å². The highest BCUT2D eigenvalue weighted by Crippen LogP contribution is 2.39. The molecule has 1 amide bonds. The number of benzene rings is 5. The van der Waals surface area contributed by atoms with Crippen molar-refractivity contribution in [3.8, 4) is 0 Å². The number of hydrogen-bond donors (Lipinski definition) is 5. The first-order valence-corrected chi connectivity index (χ1v) is 30.7. The Morgan fingerprint density at radius 2 is 1.32 bits per heavy atom. The summed E-state index contributed by atoms with van der Waals surface area (Å²) in [6, 6.07) is 36.0. The summed E-state index contributed by atoms with van der Waals surface area (Å²) in [5, 5.41) is 22.7. The number of carbonyl (C=O) groups is 1. The third-order valence-corrected chi connectivity index (χ3v) is 16.7. The number of sulfone groups is 1. The summed E-state index contributed by atoms with van der Waals surface area (Å²) in [7, 11) is -3.75. The lowest BCUT2D eigenvalue weighted by Crippen LogP contribution is -2.47. The van der Waals surface area contributed by atoms with Crippen LogP contribution >= 0.6 is 35.5 Å². The van der Waals surface area contributed by atoms with Crippen LogP contribution in [0, 0.1) is 0 Å². The lowest BCUT2D eigenvalue weighted by atomic mass is 9.89. The normalized spacial score (nSPS) is 16.7. The molecule has 1 aliphatic carbocycles. The predicted octanol–water partition coefficient (Wildman–Crippen LogP) is 13.8.